The molecule has 0 aromatic heterocycles. The van der Waals surface area contributed by atoms with E-state index in [4.69, 9.17) is 9.47 Å². The second kappa shape index (κ2) is 12.9. The number of carbonyl (C=O) groups is 2. The minimum atomic E-state index is -0.378. The molecule has 0 aliphatic heterocycles. The average molecular weight is 455 g/mol. The molecule has 0 aliphatic carbocycles. The minimum absolute atomic E-state index is 0.378. The molecule has 3 aromatic rings. The molecule has 0 spiro atoms. The first-order chi connectivity index (χ1) is 16.6. The van der Waals surface area contributed by atoms with Gasteiger partial charge in [-0.3, -0.25) is 0 Å². The molecule has 174 valence electrons. The van der Waals surface area contributed by atoms with E-state index in [2.05, 4.69) is 86.0 Å². The number of hydrogen-bond donors (Lipinski definition) is 0. The molecular weight excluding hydrogens is 424 g/mol. The van der Waals surface area contributed by atoms with Crippen LogP contribution in [0.4, 0.5) is 0 Å². The van der Waals surface area contributed by atoms with Crippen LogP contribution in [0.1, 0.15) is 24.0 Å². The minimum Gasteiger partial charge on any atom is -0.463 e. The summed E-state index contributed by atoms with van der Waals surface area (Å²) in [6.07, 6.45) is 5.64. The van der Waals surface area contributed by atoms with Crippen LogP contribution in [0.25, 0.3) is 22.3 Å². The summed E-state index contributed by atoms with van der Waals surface area (Å²) < 4.78 is 10.1. The van der Waals surface area contributed by atoms with Crippen molar-refractivity contribution in [1.82, 2.24) is 0 Å². The van der Waals surface area contributed by atoms with Crippen molar-refractivity contribution in [3.63, 3.8) is 0 Å². The van der Waals surface area contributed by atoms with E-state index in [0.717, 1.165) is 47.9 Å². The zero-order valence-corrected chi connectivity index (χ0v) is 19.4. The van der Waals surface area contributed by atoms with Gasteiger partial charge in [-0.25, -0.2) is 9.59 Å². The van der Waals surface area contributed by atoms with Crippen LogP contribution in [-0.2, 0) is 31.9 Å². The van der Waals surface area contributed by atoms with Gasteiger partial charge in [0.05, 0.1) is 13.2 Å². The van der Waals surface area contributed by atoms with Crippen LogP contribution in [0.5, 0.6) is 0 Å². The van der Waals surface area contributed by atoms with Crippen molar-refractivity contribution in [2.45, 2.75) is 25.7 Å². The summed E-state index contributed by atoms with van der Waals surface area (Å²) in [4.78, 5) is 22.2. The summed E-state index contributed by atoms with van der Waals surface area (Å²) >= 11 is 0. The van der Waals surface area contributed by atoms with Gasteiger partial charge >= 0.3 is 11.9 Å². The third-order valence-corrected chi connectivity index (χ3v) is 5.48. The highest BCUT2D eigenvalue weighted by Crippen LogP contribution is 2.27. The molecule has 0 saturated heterocycles. The fraction of sp³-hybridized carbons (Fsp3) is 0.200. The third-order valence-electron chi connectivity index (χ3n) is 5.48. The molecule has 0 unspecified atom stereocenters. The number of benzene rings is 3. The molecule has 0 atom stereocenters. The zero-order chi connectivity index (χ0) is 24.2. The first-order valence-electron chi connectivity index (χ1n) is 11.5. The smallest absolute Gasteiger partial charge is 0.330 e. The highest BCUT2D eigenvalue weighted by molar-refractivity contribution is 5.81. The van der Waals surface area contributed by atoms with Crippen molar-refractivity contribution in [2.24, 2.45) is 0 Å². The number of hydrogen-bond acceptors (Lipinski definition) is 4. The molecule has 0 radical (unpaired) electrons. The predicted molar refractivity (Wildman–Crippen MR) is 136 cm³/mol. The molecule has 3 rings (SSSR count). The lowest BCUT2D eigenvalue weighted by atomic mass is 9.97. The summed E-state index contributed by atoms with van der Waals surface area (Å²) in [6.45, 7) is 7.59. The van der Waals surface area contributed by atoms with Crippen molar-refractivity contribution in [3.8, 4) is 22.3 Å². The molecule has 0 amide bonds. The van der Waals surface area contributed by atoms with Crippen molar-refractivity contribution in [2.75, 3.05) is 13.2 Å². The molecule has 0 fully saturated rings. The van der Waals surface area contributed by atoms with Gasteiger partial charge in [-0.1, -0.05) is 79.9 Å². The van der Waals surface area contributed by atoms with Gasteiger partial charge in [-0.2, -0.15) is 0 Å². The maximum Gasteiger partial charge on any atom is 0.330 e. The normalized spacial score (nSPS) is 10.4. The standard InChI is InChI=1S/C30H30O4/c1-3-29(31)33-20-6-8-23-12-16-25(17-13-23)27-10-5-11-28(22-27)26-18-14-24(15-19-26)9-7-21-34-30(32)4-2/h3-5,10-19,22H,1-2,6-9,20-21H2. The van der Waals surface area contributed by atoms with E-state index in [-0.39, 0.29) is 11.9 Å². The van der Waals surface area contributed by atoms with Crippen molar-refractivity contribution < 1.29 is 19.1 Å². The van der Waals surface area contributed by atoms with Crippen molar-refractivity contribution in [3.05, 3.63) is 109 Å². The molecule has 3 aromatic carbocycles. The maximum atomic E-state index is 11.1. The van der Waals surface area contributed by atoms with Crippen molar-refractivity contribution in [1.29, 1.82) is 0 Å². The van der Waals surface area contributed by atoms with Gasteiger partial charge in [0.15, 0.2) is 0 Å². The summed E-state index contributed by atoms with van der Waals surface area (Å²) in [5.41, 5.74) is 7.08. The summed E-state index contributed by atoms with van der Waals surface area (Å²) in [5.74, 6) is -0.757. The number of ether oxygens (including phenoxy) is 2. The van der Waals surface area contributed by atoms with Crippen LogP contribution in [0.2, 0.25) is 0 Å². The van der Waals surface area contributed by atoms with Crippen LogP contribution in [0, 0.1) is 0 Å². The highest BCUT2D eigenvalue weighted by Gasteiger charge is 2.04. The Hall–Kier alpha value is -3.92. The molecule has 34 heavy (non-hydrogen) atoms. The second-order valence-corrected chi connectivity index (χ2v) is 7.93. The van der Waals surface area contributed by atoms with Crippen LogP contribution >= 0.6 is 0 Å². The fourth-order valence-corrected chi connectivity index (χ4v) is 3.62. The van der Waals surface area contributed by atoms with Crippen molar-refractivity contribution >= 4 is 11.9 Å². The Kier molecular flexibility index (Phi) is 9.41. The lowest BCUT2D eigenvalue weighted by Crippen LogP contribution is -2.02. The summed E-state index contributed by atoms with van der Waals surface area (Å²) in [6, 6.07) is 25.5. The first-order valence-corrected chi connectivity index (χ1v) is 11.5. The fourth-order valence-electron chi connectivity index (χ4n) is 3.62. The van der Waals surface area contributed by atoms with Gasteiger partial charge in [-0.05, 0) is 65.1 Å². The Bertz CT molecular complexity index is 1020. The van der Waals surface area contributed by atoms with E-state index in [9.17, 15) is 9.59 Å². The van der Waals surface area contributed by atoms with Crippen LogP contribution < -0.4 is 0 Å². The van der Waals surface area contributed by atoms with E-state index >= 15 is 0 Å². The Balaban J connectivity index is 1.57. The van der Waals surface area contributed by atoms with E-state index in [1.165, 1.54) is 23.3 Å². The third kappa shape index (κ3) is 7.59. The quantitative estimate of drug-likeness (QED) is 0.182. The maximum absolute atomic E-state index is 11.1. The van der Waals surface area contributed by atoms with Crippen LogP contribution in [0.3, 0.4) is 0 Å². The second-order valence-electron chi connectivity index (χ2n) is 7.93. The molecule has 0 saturated carbocycles. The summed E-state index contributed by atoms with van der Waals surface area (Å²) in [7, 11) is 0. The van der Waals surface area contributed by atoms with E-state index in [0.29, 0.717) is 13.2 Å². The zero-order valence-electron chi connectivity index (χ0n) is 19.4. The largest absolute Gasteiger partial charge is 0.463 e. The van der Waals surface area contributed by atoms with Gasteiger partial charge in [0, 0.05) is 12.2 Å². The Labute approximate surface area is 201 Å². The van der Waals surface area contributed by atoms with Gasteiger partial charge in [0.25, 0.3) is 0 Å². The molecule has 4 heteroatoms. The Morgan fingerprint density at radius 1 is 0.618 bits per heavy atom. The SMILES string of the molecule is C=CC(=O)OCCCc1ccc(-c2cccc(-c3ccc(CCCOC(=O)C=C)cc3)c2)cc1. The highest BCUT2D eigenvalue weighted by atomic mass is 16.5. The monoisotopic (exact) mass is 454 g/mol. The molecule has 0 aliphatic rings. The van der Waals surface area contributed by atoms with E-state index in [1.54, 1.807) is 0 Å². The number of carbonyl (C=O) groups excluding carboxylic acids is 2. The number of esters is 2. The molecule has 0 bridgehead atoms. The Morgan fingerprint density at radius 2 is 1.03 bits per heavy atom. The number of aryl methyl sites for hydroxylation is 2. The molecule has 4 nitrogen and oxygen atoms in total. The lowest BCUT2D eigenvalue weighted by molar-refractivity contribution is -0.138. The molecular formula is C30H30O4. The van der Waals surface area contributed by atoms with E-state index in [1.807, 2.05) is 0 Å². The van der Waals surface area contributed by atoms with Gasteiger partial charge in [0.2, 0.25) is 0 Å². The lowest BCUT2D eigenvalue weighted by Gasteiger charge is -2.09. The molecule has 0 N–H and O–H groups in total. The first kappa shape index (κ1) is 24.7. The summed E-state index contributed by atoms with van der Waals surface area (Å²) in [5, 5.41) is 0. The number of rotatable bonds is 12. The van der Waals surface area contributed by atoms with E-state index < -0.39 is 0 Å². The van der Waals surface area contributed by atoms with Crippen LogP contribution in [-0.4, -0.2) is 25.2 Å². The average Bonchev–Trinajstić information content (AvgIpc) is 2.89. The van der Waals surface area contributed by atoms with Gasteiger partial charge in [0.1, 0.15) is 0 Å². The van der Waals surface area contributed by atoms with Gasteiger partial charge < -0.3 is 9.47 Å². The van der Waals surface area contributed by atoms with Crippen LogP contribution in [0.15, 0.2) is 98.1 Å². The molecule has 0 heterocycles. The van der Waals surface area contributed by atoms with Gasteiger partial charge in [-0.15, -0.1) is 0 Å². The Morgan fingerprint density at radius 3 is 1.41 bits per heavy atom. The topological polar surface area (TPSA) is 52.6 Å². The predicted octanol–water partition coefficient (Wildman–Crippen LogP) is 6.34.